The van der Waals surface area contributed by atoms with E-state index in [1.54, 1.807) is 0 Å². The number of ether oxygens (including phenoxy) is 2. The molecule has 1 saturated heterocycles. The molecule has 2 amide bonds. The van der Waals surface area contributed by atoms with Crippen molar-refractivity contribution in [3.63, 3.8) is 0 Å². The van der Waals surface area contributed by atoms with E-state index in [4.69, 9.17) is 9.47 Å². The standard InChI is InChI=1S/C43H53N3O5/c1-30-40(28-46(4)31(2)34-13-7-5-8-14-34)50-43(51-42(30)36-20-18-33(29-47)19-21-36)37-24-22-35(23-25-37)39-16-11-10-15-38(39)27-45-41(49)17-9-6-12-26-44-32(3)48/h5,7-8,10-11,13-16,18-25,30-31,40,42-43,47H,6,9,12,17,26-29H2,1-4H3,(H,44,48)(H,45,49)/t30-,31-,40+,42+,43+/m0/s1. The van der Waals surface area contributed by atoms with Gasteiger partial charge in [0.2, 0.25) is 11.8 Å². The van der Waals surface area contributed by atoms with Crippen LogP contribution in [0.5, 0.6) is 0 Å². The number of carbonyl (C=O) groups is 2. The minimum atomic E-state index is -0.559. The molecule has 5 atom stereocenters. The van der Waals surface area contributed by atoms with Gasteiger partial charge in [-0.25, -0.2) is 0 Å². The summed E-state index contributed by atoms with van der Waals surface area (Å²) < 4.78 is 13.5. The number of likely N-dealkylation sites (N-methyl/N-ethyl adjacent to an activating group) is 1. The number of nitrogens with one attached hydrogen (secondary N) is 2. The first-order valence-electron chi connectivity index (χ1n) is 18.2. The van der Waals surface area contributed by atoms with E-state index < -0.39 is 6.29 Å². The van der Waals surface area contributed by atoms with Gasteiger partial charge < -0.3 is 25.2 Å². The average molecular weight is 692 g/mol. The fourth-order valence-electron chi connectivity index (χ4n) is 6.67. The molecule has 0 radical (unpaired) electrons. The van der Waals surface area contributed by atoms with Gasteiger partial charge in [-0.05, 0) is 60.2 Å². The molecule has 8 nitrogen and oxygen atoms in total. The number of carbonyl (C=O) groups excluding carboxylic acids is 2. The molecule has 1 aliphatic heterocycles. The van der Waals surface area contributed by atoms with E-state index in [2.05, 4.69) is 109 Å². The maximum atomic E-state index is 12.6. The molecule has 0 saturated carbocycles. The fourth-order valence-corrected chi connectivity index (χ4v) is 6.67. The van der Waals surface area contributed by atoms with Gasteiger partial charge >= 0.3 is 0 Å². The second-order valence-electron chi connectivity index (χ2n) is 13.7. The van der Waals surface area contributed by atoms with Crippen molar-refractivity contribution in [3.8, 4) is 11.1 Å². The van der Waals surface area contributed by atoms with E-state index in [9.17, 15) is 14.7 Å². The van der Waals surface area contributed by atoms with Crippen LogP contribution in [0.15, 0.2) is 103 Å². The summed E-state index contributed by atoms with van der Waals surface area (Å²) in [6.45, 7) is 7.76. The lowest BCUT2D eigenvalue weighted by Gasteiger charge is -2.43. The van der Waals surface area contributed by atoms with Crippen LogP contribution in [0.2, 0.25) is 0 Å². The summed E-state index contributed by atoms with van der Waals surface area (Å²) >= 11 is 0. The Morgan fingerprint density at radius 2 is 1.51 bits per heavy atom. The summed E-state index contributed by atoms with van der Waals surface area (Å²) in [7, 11) is 2.15. The maximum absolute atomic E-state index is 12.6. The predicted molar refractivity (Wildman–Crippen MR) is 201 cm³/mol. The first-order chi connectivity index (χ1) is 24.7. The van der Waals surface area contributed by atoms with Crippen molar-refractivity contribution in [3.05, 3.63) is 131 Å². The number of nitrogens with zero attached hydrogens (tertiary/aromatic N) is 1. The topological polar surface area (TPSA) is 100 Å². The van der Waals surface area contributed by atoms with Crippen LogP contribution in [0.4, 0.5) is 0 Å². The number of hydrogen-bond acceptors (Lipinski definition) is 6. The summed E-state index contributed by atoms with van der Waals surface area (Å²) in [5.74, 6) is 0.0826. The van der Waals surface area contributed by atoms with Crippen molar-refractivity contribution >= 4 is 11.8 Å². The Morgan fingerprint density at radius 1 is 0.824 bits per heavy atom. The zero-order chi connectivity index (χ0) is 36.2. The minimum absolute atomic E-state index is 0.00185. The summed E-state index contributed by atoms with van der Waals surface area (Å²) in [5.41, 5.74) is 7.30. The third-order valence-corrected chi connectivity index (χ3v) is 9.98. The van der Waals surface area contributed by atoms with Crippen molar-refractivity contribution in [2.75, 3.05) is 20.1 Å². The van der Waals surface area contributed by atoms with Crippen molar-refractivity contribution in [2.24, 2.45) is 5.92 Å². The minimum Gasteiger partial charge on any atom is -0.392 e. The SMILES string of the molecule is CC(=O)NCCCCCC(=O)NCc1ccccc1-c1ccc([C@@H]2O[C@H](CN(C)[C@@H](C)c3ccccc3)[C@H](C)[C@H](c3ccc(CO)cc3)O2)cc1. The molecule has 1 aliphatic rings. The number of amides is 2. The highest BCUT2D eigenvalue weighted by Crippen LogP contribution is 2.42. The van der Waals surface area contributed by atoms with Crippen LogP contribution in [-0.4, -0.2) is 48.1 Å². The van der Waals surface area contributed by atoms with Crippen LogP contribution in [0, 0.1) is 5.92 Å². The quantitative estimate of drug-likeness (QED) is 0.105. The van der Waals surface area contributed by atoms with Crippen LogP contribution in [0.3, 0.4) is 0 Å². The fraction of sp³-hybridized carbons (Fsp3) is 0.395. The lowest BCUT2D eigenvalue weighted by Crippen LogP contribution is -2.44. The van der Waals surface area contributed by atoms with E-state index in [1.165, 1.54) is 12.5 Å². The zero-order valence-electron chi connectivity index (χ0n) is 30.4. The Kier molecular flexibility index (Phi) is 13.9. The number of benzene rings is 4. The molecule has 3 N–H and O–H groups in total. The van der Waals surface area contributed by atoms with E-state index in [0.717, 1.165) is 59.2 Å². The Hall–Kier alpha value is -4.34. The summed E-state index contributed by atoms with van der Waals surface area (Å²) in [4.78, 5) is 26.0. The summed E-state index contributed by atoms with van der Waals surface area (Å²) in [6.07, 6.45) is 2.17. The second-order valence-corrected chi connectivity index (χ2v) is 13.7. The normalized spacial score (nSPS) is 19.4. The van der Waals surface area contributed by atoms with Gasteiger partial charge in [-0.1, -0.05) is 116 Å². The highest BCUT2D eigenvalue weighted by atomic mass is 16.7. The van der Waals surface area contributed by atoms with Gasteiger partial charge in [0, 0.05) is 50.5 Å². The van der Waals surface area contributed by atoms with Gasteiger partial charge in [0.05, 0.1) is 18.8 Å². The van der Waals surface area contributed by atoms with Crippen molar-refractivity contribution in [1.29, 1.82) is 0 Å². The van der Waals surface area contributed by atoms with E-state index in [1.807, 2.05) is 30.3 Å². The molecule has 4 aromatic rings. The first kappa shape index (κ1) is 37.9. The van der Waals surface area contributed by atoms with E-state index in [-0.39, 0.29) is 42.6 Å². The molecule has 1 heterocycles. The summed E-state index contributed by atoms with van der Waals surface area (Å²) in [5, 5.41) is 15.5. The van der Waals surface area contributed by atoms with Gasteiger partial charge in [0.25, 0.3) is 0 Å². The molecular formula is C43H53N3O5. The van der Waals surface area contributed by atoms with Crippen molar-refractivity contribution < 1.29 is 24.2 Å². The molecule has 0 aliphatic carbocycles. The average Bonchev–Trinajstić information content (AvgIpc) is 3.16. The number of aliphatic hydroxyl groups is 1. The van der Waals surface area contributed by atoms with E-state index >= 15 is 0 Å². The molecular weight excluding hydrogens is 638 g/mol. The highest BCUT2D eigenvalue weighted by molar-refractivity contribution is 5.76. The highest BCUT2D eigenvalue weighted by Gasteiger charge is 2.39. The van der Waals surface area contributed by atoms with Crippen LogP contribution >= 0.6 is 0 Å². The Morgan fingerprint density at radius 3 is 2.22 bits per heavy atom. The molecule has 51 heavy (non-hydrogen) atoms. The molecule has 1 fully saturated rings. The number of rotatable bonds is 16. The molecule has 0 aromatic heterocycles. The third-order valence-electron chi connectivity index (χ3n) is 9.98. The van der Waals surface area contributed by atoms with Crippen LogP contribution < -0.4 is 10.6 Å². The van der Waals surface area contributed by atoms with Crippen molar-refractivity contribution in [1.82, 2.24) is 15.5 Å². The lowest BCUT2D eigenvalue weighted by molar-refractivity contribution is -0.276. The predicted octanol–water partition coefficient (Wildman–Crippen LogP) is 7.64. The molecule has 4 aromatic carbocycles. The summed E-state index contributed by atoms with van der Waals surface area (Å²) in [6, 6.07) is 35.3. The molecule has 5 rings (SSSR count). The number of unbranched alkanes of at least 4 members (excludes halogenated alkanes) is 2. The molecule has 0 bridgehead atoms. The Bertz CT molecular complexity index is 1680. The Labute approximate surface area is 303 Å². The smallest absolute Gasteiger partial charge is 0.220 e. The monoisotopic (exact) mass is 691 g/mol. The number of hydrogen-bond donors (Lipinski definition) is 3. The van der Waals surface area contributed by atoms with Gasteiger partial charge in [0.1, 0.15) is 0 Å². The van der Waals surface area contributed by atoms with Gasteiger partial charge in [0.15, 0.2) is 6.29 Å². The van der Waals surface area contributed by atoms with Crippen LogP contribution in [0.1, 0.15) is 92.7 Å². The van der Waals surface area contributed by atoms with E-state index in [0.29, 0.717) is 19.5 Å². The van der Waals surface area contributed by atoms with Gasteiger partial charge in [-0.3, -0.25) is 14.5 Å². The molecule has 0 spiro atoms. The molecule has 0 unspecified atom stereocenters. The van der Waals surface area contributed by atoms with Crippen molar-refractivity contribution in [2.45, 2.75) is 84.1 Å². The maximum Gasteiger partial charge on any atom is 0.220 e. The third kappa shape index (κ3) is 10.6. The lowest BCUT2D eigenvalue weighted by atomic mass is 9.89. The van der Waals surface area contributed by atoms with Gasteiger partial charge in [-0.2, -0.15) is 0 Å². The first-order valence-corrected chi connectivity index (χ1v) is 18.2. The molecule has 8 heteroatoms. The number of aliphatic hydroxyl groups excluding tert-OH is 1. The zero-order valence-corrected chi connectivity index (χ0v) is 30.4. The Balaban J connectivity index is 1.27. The molecule has 270 valence electrons. The van der Waals surface area contributed by atoms with Gasteiger partial charge in [-0.15, -0.1) is 0 Å². The van der Waals surface area contributed by atoms with Crippen LogP contribution in [0.25, 0.3) is 11.1 Å². The largest absolute Gasteiger partial charge is 0.392 e. The second kappa shape index (κ2) is 18.8. The van der Waals surface area contributed by atoms with Crippen LogP contribution in [-0.2, 0) is 32.2 Å².